The highest BCUT2D eigenvalue weighted by Gasteiger charge is 2.12. The third-order valence-electron chi connectivity index (χ3n) is 3.33. The first-order chi connectivity index (χ1) is 9.65. The van der Waals surface area contributed by atoms with Crippen LogP contribution in [0.5, 0.6) is 0 Å². The maximum absolute atomic E-state index is 6.18. The van der Waals surface area contributed by atoms with E-state index < -0.39 is 0 Å². The first-order valence-electron chi connectivity index (χ1n) is 7.12. The molecule has 0 saturated carbocycles. The van der Waals surface area contributed by atoms with Gasteiger partial charge in [0, 0.05) is 13.1 Å². The van der Waals surface area contributed by atoms with Gasteiger partial charge in [-0.15, -0.1) is 0 Å². The van der Waals surface area contributed by atoms with E-state index >= 15 is 0 Å². The van der Waals surface area contributed by atoms with Crippen LogP contribution in [0.15, 0.2) is 6.20 Å². The Labute approximate surface area is 126 Å². The summed E-state index contributed by atoms with van der Waals surface area (Å²) in [5, 5.41) is 0.550. The molecule has 1 rings (SSSR count). The average molecular weight is 301 g/mol. The predicted octanol–water partition coefficient (Wildman–Crippen LogP) is 1.97. The molecule has 1 heterocycles. The van der Waals surface area contributed by atoms with E-state index in [1.165, 1.54) is 0 Å². The number of nitrogens with two attached hydrogens (primary N) is 1. The molecule has 0 fully saturated rings. The molecule has 1 aromatic heterocycles. The summed E-state index contributed by atoms with van der Waals surface area (Å²) in [4.78, 5) is 12.9. The molecule has 0 aliphatic heterocycles. The summed E-state index contributed by atoms with van der Waals surface area (Å²) in [6.07, 6.45) is 2.65. The van der Waals surface area contributed by atoms with Crippen molar-refractivity contribution in [2.24, 2.45) is 5.84 Å². The van der Waals surface area contributed by atoms with E-state index in [4.69, 9.17) is 17.4 Å². The van der Waals surface area contributed by atoms with Gasteiger partial charge in [-0.1, -0.05) is 25.4 Å². The zero-order valence-corrected chi connectivity index (χ0v) is 13.3. The lowest BCUT2D eigenvalue weighted by molar-refractivity contribution is 0.300. The van der Waals surface area contributed by atoms with Gasteiger partial charge in [-0.05, 0) is 33.0 Å². The van der Waals surface area contributed by atoms with Crippen molar-refractivity contribution < 1.29 is 0 Å². The van der Waals surface area contributed by atoms with Crippen molar-refractivity contribution in [3.05, 3.63) is 11.2 Å². The third-order valence-corrected chi connectivity index (χ3v) is 3.60. The SMILES string of the molecule is CCN(CC)CCCN(CC)c1nc(NN)ncc1Cl. The molecule has 0 atom stereocenters. The van der Waals surface area contributed by atoms with E-state index in [1.54, 1.807) is 6.20 Å². The number of hydrazine groups is 1. The summed E-state index contributed by atoms with van der Waals surface area (Å²) in [5.74, 6) is 6.46. The van der Waals surface area contributed by atoms with Crippen LogP contribution in [0.3, 0.4) is 0 Å². The molecule has 0 aliphatic carbocycles. The van der Waals surface area contributed by atoms with E-state index in [-0.39, 0.29) is 0 Å². The van der Waals surface area contributed by atoms with Crippen LogP contribution in [0.25, 0.3) is 0 Å². The van der Waals surface area contributed by atoms with Crippen LogP contribution < -0.4 is 16.2 Å². The molecule has 0 aliphatic rings. The van der Waals surface area contributed by atoms with Gasteiger partial charge in [0.05, 0.1) is 6.20 Å². The van der Waals surface area contributed by atoms with E-state index in [0.29, 0.717) is 11.0 Å². The second-order valence-electron chi connectivity index (χ2n) is 4.47. The lowest BCUT2D eigenvalue weighted by Gasteiger charge is -2.25. The number of halogens is 1. The normalized spacial score (nSPS) is 10.9. The molecule has 0 bridgehead atoms. The monoisotopic (exact) mass is 300 g/mol. The summed E-state index contributed by atoms with van der Waals surface area (Å²) in [7, 11) is 0. The third kappa shape index (κ3) is 4.77. The lowest BCUT2D eigenvalue weighted by atomic mass is 10.3. The highest BCUT2D eigenvalue weighted by Crippen LogP contribution is 2.23. The molecule has 20 heavy (non-hydrogen) atoms. The fourth-order valence-corrected chi connectivity index (χ4v) is 2.30. The van der Waals surface area contributed by atoms with Crippen molar-refractivity contribution in [1.29, 1.82) is 0 Å². The minimum absolute atomic E-state index is 0.381. The largest absolute Gasteiger partial charge is 0.355 e. The first-order valence-corrected chi connectivity index (χ1v) is 7.50. The zero-order chi connectivity index (χ0) is 15.0. The zero-order valence-electron chi connectivity index (χ0n) is 12.6. The highest BCUT2D eigenvalue weighted by molar-refractivity contribution is 6.32. The maximum atomic E-state index is 6.18. The number of aromatic nitrogens is 2. The summed E-state index contributed by atoms with van der Waals surface area (Å²) in [6.45, 7) is 11.5. The molecule has 0 saturated heterocycles. The van der Waals surface area contributed by atoms with Crippen molar-refractivity contribution in [3.8, 4) is 0 Å². The summed E-state index contributed by atoms with van der Waals surface area (Å²) < 4.78 is 0. The van der Waals surface area contributed by atoms with Gasteiger partial charge in [0.25, 0.3) is 0 Å². The minimum Gasteiger partial charge on any atom is -0.355 e. The van der Waals surface area contributed by atoms with Crippen LogP contribution in [0, 0.1) is 0 Å². The van der Waals surface area contributed by atoms with Crippen molar-refractivity contribution in [3.63, 3.8) is 0 Å². The smallest absolute Gasteiger partial charge is 0.239 e. The van der Waals surface area contributed by atoms with Gasteiger partial charge in [0.2, 0.25) is 5.95 Å². The van der Waals surface area contributed by atoms with Gasteiger partial charge in [-0.2, -0.15) is 4.98 Å². The molecule has 1 aromatic rings. The van der Waals surface area contributed by atoms with Crippen LogP contribution in [0.4, 0.5) is 11.8 Å². The Balaban J connectivity index is 2.66. The highest BCUT2D eigenvalue weighted by atomic mass is 35.5. The summed E-state index contributed by atoms with van der Waals surface area (Å²) >= 11 is 6.18. The van der Waals surface area contributed by atoms with Crippen LogP contribution >= 0.6 is 11.6 Å². The molecular weight excluding hydrogens is 276 g/mol. The van der Waals surface area contributed by atoms with Crippen molar-refractivity contribution in [2.45, 2.75) is 27.2 Å². The van der Waals surface area contributed by atoms with Gasteiger partial charge in [-0.3, -0.25) is 5.43 Å². The van der Waals surface area contributed by atoms with Gasteiger partial charge in [0.15, 0.2) is 5.82 Å². The second-order valence-corrected chi connectivity index (χ2v) is 4.88. The number of anilines is 2. The quantitative estimate of drug-likeness (QED) is 0.537. The molecule has 0 spiro atoms. The minimum atomic E-state index is 0.381. The van der Waals surface area contributed by atoms with Crippen molar-refractivity contribution in [2.75, 3.05) is 43.0 Å². The predicted molar refractivity (Wildman–Crippen MR) is 85.1 cm³/mol. The van der Waals surface area contributed by atoms with Crippen LogP contribution in [0.1, 0.15) is 27.2 Å². The molecule has 0 aromatic carbocycles. The van der Waals surface area contributed by atoms with Crippen LogP contribution in [0.2, 0.25) is 5.02 Å². The molecule has 7 heteroatoms. The maximum Gasteiger partial charge on any atom is 0.239 e. The topological polar surface area (TPSA) is 70.3 Å². The van der Waals surface area contributed by atoms with Crippen LogP contribution in [-0.2, 0) is 0 Å². The molecule has 0 radical (unpaired) electrons. The van der Waals surface area contributed by atoms with E-state index in [0.717, 1.165) is 45.0 Å². The van der Waals surface area contributed by atoms with Crippen LogP contribution in [-0.4, -0.2) is 47.6 Å². The number of nitrogen functional groups attached to an aromatic ring is 1. The fraction of sp³-hybridized carbons (Fsp3) is 0.692. The Hall–Kier alpha value is -1.11. The molecule has 6 nitrogen and oxygen atoms in total. The molecule has 3 N–H and O–H groups in total. The number of hydrogen-bond donors (Lipinski definition) is 2. The Bertz CT molecular complexity index is 396. The number of hydrogen-bond acceptors (Lipinski definition) is 6. The lowest BCUT2D eigenvalue weighted by Crippen LogP contribution is -2.30. The van der Waals surface area contributed by atoms with Gasteiger partial charge >= 0.3 is 0 Å². The molecule has 0 amide bonds. The Morgan fingerprint density at radius 2 is 1.90 bits per heavy atom. The Morgan fingerprint density at radius 1 is 1.20 bits per heavy atom. The van der Waals surface area contributed by atoms with E-state index in [2.05, 4.69) is 46.0 Å². The van der Waals surface area contributed by atoms with Gasteiger partial charge in [-0.25, -0.2) is 10.8 Å². The van der Waals surface area contributed by atoms with E-state index in [9.17, 15) is 0 Å². The molecule has 0 unspecified atom stereocenters. The Morgan fingerprint density at radius 3 is 2.45 bits per heavy atom. The van der Waals surface area contributed by atoms with Gasteiger partial charge < -0.3 is 9.80 Å². The van der Waals surface area contributed by atoms with Gasteiger partial charge in [0.1, 0.15) is 5.02 Å². The fourth-order valence-electron chi connectivity index (χ4n) is 2.09. The molecule has 114 valence electrons. The number of nitrogens with zero attached hydrogens (tertiary/aromatic N) is 4. The second kappa shape index (κ2) is 8.94. The standard InChI is InChI=1S/C13H25ClN6/c1-4-19(5-2)8-7-9-20(6-3)12-11(14)10-16-13(17-12)18-15/h10H,4-9,15H2,1-3H3,(H,16,17,18). The number of nitrogens with one attached hydrogen (secondary N) is 1. The van der Waals surface area contributed by atoms with Crippen molar-refractivity contribution >= 4 is 23.4 Å². The Kier molecular flexibility index (Phi) is 7.58. The summed E-state index contributed by atoms with van der Waals surface area (Å²) in [5.41, 5.74) is 2.45. The number of rotatable bonds is 9. The van der Waals surface area contributed by atoms with E-state index in [1.807, 2.05) is 0 Å². The average Bonchev–Trinajstić information content (AvgIpc) is 2.49. The first kappa shape index (κ1) is 16.9. The van der Waals surface area contributed by atoms with Crippen molar-refractivity contribution in [1.82, 2.24) is 14.9 Å². The molecular formula is C13H25ClN6. The summed E-state index contributed by atoms with van der Waals surface area (Å²) in [6, 6.07) is 0.